The topological polar surface area (TPSA) is 85.4 Å². The number of aryl methyl sites for hydroxylation is 1. The van der Waals surface area contributed by atoms with E-state index in [1.165, 1.54) is 17.8 Å². The number of nitrogens with two attached hydrogens (primary N) is 1. The third-order valence-electron chi connectivity index (χ3n) is 3.41. The van der Waals surface area contributed by atoms with Crippen LogP contribution in [0.3, 0.4) is 0 Å². The van der Waals surface area contributed by atoms with Crippen LogP contribution >= 0.6 is 0 Å². The van der Waals surface area contributed by atoms with Crippen molar-refractivity contribution < 1.29 is 26.4 Å². The van der Waals surface area contributed by atoms with E-state index in [0.29, 0.717) is 0 Å². The van der Waals surface area contributed by atoms with E-state index in [-0.39, 0.29) is 23.7 Å². The first kappa shape index (κ1) is 16.6. The van der Waals surface area contributed by atoms with Gasteiger partial charge in [-0.15, -0.1) is 0 Å². The van der Waals surface area contributed by atoms with Crippen LogP contribution in [0.4, 0.5) is 13.2 Å². The Labute approximate surface area is 125 Å². The number of alkyl halides is 3. The number of hydrogen-bond acceptors (Lipinski definition) is 3. The highest BCUT2D eigenvalue weighted by Crippen LogP contribution is 2.31. The zero-order chi connectivity index (χ0) is 16.7. The van der Waals surface area contributed by atoms with Gasteiger partial charge < -0.3 is 10.3 Å². The minimum Gasteiger partial charge on any atom is -0.364 e. The number of primary amides is 1. The summed E-state index contributed by atoms with van der Waals surface area (Å²) >= 11 is 0. The largest absolute Gasteiger partial charge is 0.412 e. The van der Waals surface area contributed by atoms with Gasteiger partial charge in [-0.05, 0) is 12.5 Å². The van der Waals surface area contributed by atoms with Crippen molar-refractivity contribution in [1.29, 1.82) is 0 Å². The average Bonchev–Trinajstić information content (AvgIpc) is 2.81. The summed E-state index contributed by atoms with van der Waals surface area (Å²) in [6.07, 6.45) is -2.78. The van der Waals surface area contributed by atoms with E-state index in [1.54, 1.807) is 0 Å². The summed E-state index contributed by atoms with van der Waals surface area (Å²) in [6, 6.07) is 1.11. The molecule has 6 nitrogen and oxygen atoms in total. The number of carbonyl (C=O) groups is 1. The third kappa shape index (κ3) is 3.02. The summed E-state index contributed by atoms with van der Waals surface area (Å²) in [6.45, 7) is -0.632. The highest BCUT2D eigenvalue weighted by molar-refractivity contribution is 7.89. The molecule has 0 spiro atoms. The van der Waals surface area contributed by atoms with E-state index < -0.39 is 34.1 Å². The molecule has 22 heavy (non-hydrogen) atoms. The molecule has 0 atom stereocenters. The van der Waals surface area contributed by atoms with Crippen LogP contribution in [-0.4, -0.2) is 42.5 Å². The normalized spacial score (nSPS) is 17.4. The lowest BCUT2D eigenvalue weighted by molar-refractivity contribution is -0.0953. The van der Waals surface area contributed by atoms with Gasteiger partial charge >= 0.3 is 6.18 Å². The minimum atomic E-state index is -4.44. The van der Waals surface area contributed by atoms with Crippen molar-refractivity contribution in [3.8, 4) is 0 Å². The van der Waals surface area contributed by atoms with Crippen molar-refractivity contribution in [2.75, 3.05) is 13.1 Å². The Balaban J connectivity index is 2.28. The lowest BCUT2D eigenvalue weighted by Gasteiger charge is -2.26. The fourth-order valence-electron chi connectivity index (χ4n) is 2.20. The number of aromatic nitrogens is 1. The zero-order valence-corrected chi connectivity index (χ0v) is 12.4. The van der Waals surface area contributed by atoms with Crippen molar-refractivity contribution >= 4 is 15.9 Å². The molecule has 0 bridgehead atoms. The number of halogens is 3. The molecule has 1 aromatic heterocycles. The van der Waals surface area contributed by atoms with Gasteiger partial charge in [0.25, 0.3) is 5.91 Å². The molecule has 0 saturated carbocycles. The van der Waals surface area contributed by atoms with Crippen molar-refractivity contribution in [2.24, 2.45) is 12.8 Å². The SMILES string of the molecule is Cn1cc(S(=O)(=O)N2CC=C(C(F)(F)F)CC2)cc1C(N)=O. The molecule has 1 aromatic rings. The molecule has 0 fully saturated rings. The molecule has 2 heterocycles. The molecule has 10 heteroatoms. The third-order valence-corrected chi connectivity index (χ3v) is 5.24. The Morgan fingerprint density at radius 1 is 1.36 bits per heavy atom. The van der Waals surface area contributed by atoms with Gasteiger partial charge in [0.15, 0.2) is 0 Å². The van der Waals surface area contributed by atoms with Crippen molar-refractivity contribution in [3.05, 3.63) is 29.6 Å². The molecule has 0 aliphatic carbocycles. The lowest BCUT2D eigenvalue weighted by Crippen LogP contribution is -2.36. The summed E-state index contributed by atoms with van der Waals surface area (Å²) < 4.78 is 64.6. The summed E-state index contributed by atoms with van der Waals surface area (Å²) in [5.74, 6) is -0.790. The molecule has 2 rings (SSSR count). The van der Waals surface area contributed by atoms with Gasteiger partial charge in [-0.2, -0.15) is 17.5 Å². The van der Waals surface area contributed by atoms with E-state index in [2.05, 4.69) is 0 Å². The molecule has 0 aromatic carbocycles. The quantitative estimate of drug-likeness (QED) is 0.835. The van der Waals surface area contributed by atoms with Gasteiger partial charge in [-0.3, -0.25) is 4.79 Å². The molecule has 1 aliphatic rings. The molecule has 2 N–H and O–H groups in total. The Bertz CT molecular complexity index is 735. The molecule has 0 radical (unpaired) electrons. The van der Waals surface area contributed by atoms with Crippen LogP contribution in [0.1, 0.15) is 16.9 Å². The summed E-state index contributed by atoms with van der Waals surface area (Å²) in [5, 5.41) is 0. The Morgan fingerprint density at radius 3 is 2.41 bits per heavy atom. The van der Waals surface area contributed by atoms with Gasteiger partial charge in [-0.25, -0.2) is 8.42 Å². The number of carbonyl (C=O) groups excluding carboxylic acids is 1. The second kappa shape index (κ2) is 5.43. The summed E-state index contributed by atoms with van der Waals surface area (Å²) in [5.41, 5.74) is 4.38. The second-order valence-electron chi connectivity index (χ2n) is 4.88. The van der Waals surface area contributed by atoms with Crippen LogP contribution in [0.25, 0.3) is 0 Å². The highest BCUT2D eigenvalue weighted by Gasteiger charge is 2.37. The molecule has 0 saturated heterocycles. The molecular weight excluding hydrogens is 323 g/mol. The second-order valence-corrected chi connectivity index (χ2v) is 6.81. The fraction of sp³-hybridized carbons (Fsp3) is 0.417. The monoisotopic (exact) mass is 337 g/mol. The molecule has 122 valence electrons. The van der Waals surface area contributed by atoms with Gasteiger partial charge in [0.05, 0.1) is 0 Å². The number of amides is 1. The first-order valence-electron chi connectivity index (χ1n) is 6.26. The maximum Gasteiger partial charge on any atom is 0.412 e. The molecule has 1 amide bonds. The minimum absolute atomic E-state index is 0.00195. The van der Waals surface area contributed by atoms with Gasteiger partial charge in [-0.1, -0.05) is 6.08 Å². The lowest BCUT2D eigenvalue weighted by atomic mass is 10.1. The number of hydrogen-bond donors (Lipinski definition) is 1. The summed E-state index contributed by atoms with van der Waals surface area (Å²) in [7, 11) is -2.52. The zero-order valence-electron chi connectivity index (χ0n) is 11.6. The van der Waals surface area contributed by atoms with Crippen molar-refractivity contribution in [2.45, 2.75) is 17.5 Å². The Hall–Kier alpha value is -1.81. The first-order chi connectivity index (χ1) is 10.0. The van der Waals surface area contributed by atoms with Crippen LogP contribution in [0.15, 0.2) is 28.8 Å². The maximum absolute atomic E-state index is 12.5. The van der Waals surface area contributed by atoms with E-state index in [1.807, 2.05) is 0 Å². The van der Waals surface area contributed by atoms with E-state index in [9.17, 15) is 26.4 Å². The maximum atomic E-state index is 12.5. The van der Waals surface area contributed by atoms with E-state index >= 15 is 0 Å². The Kier molecular flexibility index (Phi) is 4.09. The van der Waals surface area contributed by atoms with Crippen LogP contribution in [0.2, 0.25) is 0 Å². The van der Waals surface area contributed by atoms with Crippen LogP contribution < -0.4 is 5.73 Å². The van der Waals surface area contributed by atoms with Crippen molar-refractivity contribution in [3.63, 3.8) is 0 Å². The van der Waals surface area contributed by atoms with Gasteiger partial charge in [0.1, 0.15) is 10.6 Å². The highest BCUT2D eigenvalue weighted by atomic mass is 32.2. The van der Waals surface area contributed by atoms with Gasteiger partial charge in [0.2, 0.25) is 10.0 Å². The number of nitrogens with zero attached hydrogens (tertiary/aromatic N) is 2. The Morgan fingerprint density at radius 2 is 2.00 bits per heavy atom. The average molecular weight is 337 g/mol. The van der Waals surface area contributed by atoms with Crippen molar-refractivity contribution in [1.82, 2.24) is 8.87 Å². The number of rotatable bonds is 3. The fourth-order valence-corrected chi connectivity index (χ4v) is 3.65. The smallest absolute Gasteiger partial charge is 0.364 e. The van der Waals surface area contributed by atoms with Gasteiger partial charge in [0, 0.05) is 31.9 Å². The van der Waals surface area contributed by atoms with Crippen LogP contribution in [0.5, 0.6) is 0 Å². The predicted molar refractivity (Wildman–Crippen MR) is 71.4 cm³/mol. The molecule has 0 unspecified atom stereocenters. The van der Waals surface area contributed by atoms with Crippen LogP contribution in [0, 0.1) is 0 Å². The van der Waals surface area contributed by atoms with E-state index in [4.69, 9.17) is 5.73 Å². The van der Waals surface area contributed by atoms with E-state index in [0.717, 1.165) is 16.4 Å². The number of sulfonamides is 1. The summed E-state index contributed by atoms with van der Waals surface area (Å²) in [4.78, 5) is 11.0. The van der Waals surface area contributed by atoms with Crippen LogP contribution in [-0.2, 0) is 17.1 Å². The molecular formula is C12H14F3N3O3S. The standard InChI is InChI=1S/C12H14F3N3O3S/c1-17-7-9(6-10(17)11(16)19)22(20,21)18-4-2-8(3-5-18)12(13,14)15/h2,6-7H,3-5H2,1H3,(H2,16,19). The first-order valence-corrected chi connectivity index (χ1v) is 7.70. The predicted octanol–water partition coefficient (Wildman–Crippen LogP) is 1.01. The molecule has 1 aliphatic heterocycles.